The van der Waals surface area contributed by atoms with Gasteiger partial charge in [-0.3, -0.25) is 4.79 Å². The zero-order valence-electron chi connectivity index (χ0n) is 17.1. The summed E-state index contributed by atoms with van der Waals surface area (Å²) in [5, 5.41) is 5.04. The molecule has 0 saturated carbocycles. The van der Waals surface area contributed by atoms with Crippen molar-refractivity contribution in [1.82, 2.24) is 20.4 Å². The first kappa shape index (κ1) is 24.0. The van der Waals surface area contributed by atoms with Gasteiger partial charge in [-0.05, 0) is 36.6 Å². The van der Waals surface area contributed by atoms with Crippen molar-refractivity contribution in [2.45, 2.75) is 32.7 Å². The van der Waals surface area contributed by atoms with Crippen LogP contribution in [0.5, 0.6) is 5.75 Å². The van der Waals surface area contributed by atoms with Gasteiger partial charge < -0.3 is 14.6 Å². The number of nitrogens with one attached hydrogen (secondary N) is 1. The minimum Gasteiger partial charge on any atom is -0.482 e. The highest BCUT2D eigenvalue weighted by Gasteiger charge is 2.37. The fourth-order valence-corrected chi connectivity index (χ4v) is 2.66. The van der Waals surface area contributed by atoms with Crippen LogP contribution in [0.4, 0.5) is 26.3 Å². The number of aryl methyl sites for hydroxylation is 2. The van der Waals surface area contributed by atoms with E-state index in [1.807, 2.05) is 13.8 Å². The van der Waals surface area contributed by atoms with Crippen LogP contribution < -0.4 is 10.1 Å². The number of rotatable bonds is 6. The van der Waals surface area contributed by atoms with Crippen molar-refractivity contribution in [2.75, 3.05) is 6.61 Å². The van der Waals surface area contributed by atoms with E-state index in [1.165, 1.54) is 6.07 Å². The minimum atomic E-state index is -4.80. The van der Waals surface area contributed by atoms with E-state index in [2.05, 4.69) is 25.0 Å². The van der Waals surface area contributed by atoms with E-state index in [1.54, 1.807) is 18.2 Å². The number of amides is 1. The van der Waals surface area contributed by atoms with E-state index in [0.717, 1.165) is 17.3 Å². The lowest BCUT2D eigenvalue weighted by Crippen LogP contribution is -2.24. The second-order valence-corrected chi connectivity index (χ2v) is 6.96. The van der Waals surface area contributed by atoms with Crippen LogP contribution in [0, 0.1) is 13.8 Å². The molecule has 0 radical (unpaired) electrons. The number of nitrogens with zero attached hydrogens (tertiary/aromatic N) is 3. The minimum absolute atomic E-state index is 0.180. The Balaban J connectivity index is 1.85. The first-order valence-electron chi connectivity index (χ1n) is 9.28. The number of benzene rings is 1. The Morgan fingerprint density at radius 2 is 1.82 bits per heavy atom. The molecular formula is C20H16F6N4O3. The average molecular weight is 474 g/mol. The van der Waals surface area contributed by atoms with Gasteiger partial charge in [0.05, 0.1) is 12.7 Å². The van der Waals surface area contributed by atoms with Crippen LogP contribution in [0.3, 0.4) is 0 Å². The topological polar surface area (TPSA) is 90.1 Å². The Morgan fingerprint density at radius 1 is 1.09 bits per heavy atom. The van der Waals surface area contributed by atoms with Crippen LogP contribution in [0.15, 0.2) is 35.0 Å². The van der Waals surface area contributed by atoms with Gasteiger partial charge in [-0.15, -0.1) is 0 Å². The standard InChI is InChI=1S/C20H16F6N4O3/c1-10-3-4-12(5-11(10)2)13-6-14(27-7-15(13)32-9-19(21,22)23)17(31)28-8-16-29-18(30-33-16)20(24,25)26/h3-7H,8-9H2,1-2H3,(H,28,31). The first-order chi connectivity index (χ1) is 15.3. The number of pyridine rings is 1. The molecule has 0 spiro atoms. The molecule has 3 aromatic rings. The fraction of sp³-hybridized carbons (Fsp3) is 0.300. The smallest absolute Gasteiger partial charge is 0.455 e. The lowest BCUT2D eigenvalue weighted by atomic mass is 10.00. The van der Waals surface area contributed by atoms with E-state index < -0.39 is 43.1 Å². The Bertz CT molecular complexity index is 1160. The molecule has 2 aromatic heterocycles. The maximum atomic E-state index is 12.6. The van der Waals surface area contributed by atoms with Crippen molar-refractivity contribution in [2.24, 2.45) is 0 Å². The Labute approximate surface area is 182 Å². The van der Waals surface area contributed by atoms with Gasteiger partial charge in [-0.1, -0.05) is 23.4 Å². The van der Waals surface area contributed by atoms with Gasteiger partial charge in [0, 0.05) is 5.56 Å². The maximum Gasteiger partial charge on any atom is 0.455 e. The third-order valence-corrected chi connectivity index (χ3v) is 4.43. The van der Waals surface area contributed by atoms with E-state index in [-0.39, 0.29) is 17.0 Å². The number of carbonyl (C=O) groups is 1. The number of carbonyl (C=O) groups excluding carboxylic acids is 1. The van der Waals surface area contributed by atoms with Crippen LogP contribution in [0.1, 0.15) is 33.3 Å². The SMILES string of the molecule is Cc1ccc(-c2cc(C(=O)NCc3nc(C(F)(F)F)no3)ncc2OCC(F)(F)F)cc1C. The van der Waals surface area contributed by atoms with Gasteiger partial charge in [-0.25, -0.2) is 4.98 Å². The molecule has 2 heterocycles. The van der Waals surface area contributed by atoms with E-state index in [9.17, 15) is 31.1 Å². The summed E-state index contributed by atoms with van der Waals surface area (Å²) in [4.78, 5) is 19.4. The summed E-state index contributed by atoms with van der Waals surface area (Å²) in [5.41, 5.74) is 2.26. The molecule has 1 amide bonds. The van der Waals surface area contributed by atoms with Gasteiger partial charge in [-0.2, -0.15) is 31.3 Å². The second-order valence-electron chi connectivity index (χ2n) is 6.96. The highest BCUT2D eigenvalue weighted by atomic mass is 19.4. The van der Waals surface area contributed by atoms with Crippen molar-refractivity contribution in [3.05, 3.63) is 59.0 Å². The van der Waals surface area contributed by atoms with E-state index >= 15 is 0 Å². The molecule has 7 nitrogen and oxygen atoms in total. The van der Waals surface area contributed by atoms with Gasteiger partial charge in [0.25, 0.3) is 11.7 Å². The van der Waals surface area contributed by atoms with Gasteiger partial charge in [0.15, 0.2) is 6.61 Å². The molecule has 0 fully saturated rings. The molecule has 1 N–H and O–H groups in total. The summed E-state index contributed by atoms with van der Waals surface area (Å²) in [5.74, 6) is -3.00. The lowest BCUT2D eigenvalue weighted by molar-refractivity contribution is -0.153. The molecule has 0 unspecified atom stereocenters. The molecule has 0 saturated heterocycles. The van der Waals surface area contributed by atoms with Crippen molar-refractivity contribution >= 4 is 5.91 Å². The molecule has 33 heavy (non-hydrogen) atoms. The number of hydrogen-bond donors (Lipinski definition) is 1. The van der Waals surface area contributed by atoms with E-state index in [4.69, 9.17) is 4.74 Å². The maximum absolute atomic E-state index is 12.6. The first-order valence-corrected chi connectivity index (χ1v) is 9.28. The van der Waals surface area contributed by atoms with Crippen LogP contribution in [-0.4, -0.2) is 33.8 Å². The summed E-state index contributed by atoms with van der Waals surface area (Å²) < 4.78 is 84.8. The van der Waals surface area contributed by atoms with Crippen LogP contribution in [-0.2, 0) is 12.7 Å². The predicted molar refractivity (Wildman–Crippen MR) is 101 cm³/mol. The van der Waals surface area contributed by atoms with Crippen LogP contribution >= 0.6 is 0 Å². The molecule has 176 valence electrons. The Hall–Kier alpha value is -3.64. The van der Waals surface area contributed by atoms with Crippen molar-refractivity contribution in [3.8, 4) is 16.9 Å². The zero-order valence-corrected chi connectivity index (χ0v) is 17.1. The summed E-state index contributed by atoms with van der Waals surface area (Å²) in [6, 6.07) is 6.34. The molecular weight excluding hydrogens is 458 g/mol. The molecule has 0 atom stereocenters. The molecule has 0 bridgehead atoms. The quantitative estimate of drug-likeness (QED) is 0.524. The van der Waals surface area contributed by atoms with Gasteiger partial charge >= 0.3 is 12.4 Å². The highest BCUT2D eigenvalue weighted by molar-refractivity contribution is 5.94. The molecule has 0 aliphatic rings. The zero-order chi connectivity index (χ0) is 24.4. The number of aromatic nitrogens is 3. The average Bonchev–Trinajstić information content (AvgIpc) is 3.21. The third kappa shape index (κ3) is 6.20. The van der Waals surface area contributed by atoms with Gasteiger partial charge in [0.2, 0.25) is 5.89 Å². The molecule has 1 aromatic carbocycles. The summed E-state index contributed by atoms with van der Waals surface area (Å²) in [7, 11) is 0. The van der Waals surface area contributed by atoms with Crippen LogP contribution in [0.2, 0.25) is 0 Å². The normalized spacial score (nSPS) is 12.0. The summed E-state index contributed by atoms with van der Waals surface area (Å²) >= 11 is 0. The van der Waals surface area contributed by atoms with Gasteiger partial charge in [0.1, 0.15) is 11.4 Å². The summed E-state index contributed by atoms with van der Waals surface area (Å²) in [6.07, 6.45) is -8.42. The third-order valence-electron chi connectivity index (χ3n) is 4.43. The Kier molecular flexibility index (Phi) is 6.60. The Morgan fingerprint density at radius 3 is 2.42 bits per heavy atom. The van der Waals surface area contributed by atoms with Crippen LogP contribution in [0.25, 0.3) is 11.1 Å². The molecule has 13 heteroatoms. The lowest BCUT2D eigenvalue weighted by Gasteiger charge is -2.15. The second kappa shape index (κ2) is 9.08. The number of halogens is 6. The number of ether oxygens (including phenoxy) is 1. The summed E-state index contributed by atoms with van der Waals surface area (Å²) in [6.45, 7) is 1.59. The monoisotopic (exact) mass is 474 g/mol. The van der Waals surface area contributed by atoms with Crippen molar-refractivity contribution in [1.29, 1.82) is 0 Å². The predicted octanol–water partition coefficient (Wildman–Crippen LogP) is 4.64. The highest BCUT2D eigenvalue weighted by Crippen LogP contribution is 2.32. The largest absolute Gasteiger partial charge is 0.482 e. The number of hydrogen-bond acceptors (Lipinski definition) is 6. The molecule has 0 aliphatic carbocycles. The molecule has 0 aliphatic heterocycles. The molecule has 3 rings (SSSR count). The van der Waals surface area contributed by atoms with Crippen molar-refractivity contribution in [3.63, 3.8) is 0 Å². The number of alkyl halides is 6. The van der Waals surface area contributed by atoms with E-state index in [0.29, 0.717) is 5.56 Å². The fourth-order valence-electron chi connectivity index (χ4n) is 2.66. The van der Waals surface area contributed by atoms with Crippen molar-refractivity contribution < 1.29 is 40.4 Å².